The molecule has 84 valence electrons. The Kier molecular flexibility index (Phi) is 3.10. The highest BCUT2D eigenvalue weighted by Gasteiger charge is 2.36. The van der Waals surface area contributed by atoms with Crippen LogP contribution in [0.2, 0.25) is 0 Å². The minimum atomic E-state index is 0.186. The smallest absolute Gasteiger partial charge is 0.223 e. The first kappa shape index (κ1) is 10.7. The van der Waals surface area contributed by atoms with E-state index >= 15 is 0 Å². The van der Waals surface area contributed by atoms with Crippen molar-refractivity contribution in [3.05, 3.63) is 12.7 Å². The van der Waals surface area contributed by atoms with Crippen LogP contribution >= 0.6 is 0 Å². The molecule has 1 saturated heterocycles. The van der Waals surface area contributed by atoms with Crippen molar-refractivity contribution in [3.8, 4) is 0 Å². The number of carbonyl (C=O) groups is 1. The zero-order valence-corrected chi connectivity index (χ0v) is 9.19. The van der Waals surface area contributed by atoms with Gasteiger partial charge >= 0.3 is 0 Å². The van der Waals surface area contributed by atoms with E-state index < -0.39 is 0 Å². The quantitative estimate of drug-likeness (QED) is 0.695. The molecule has 2 N–H and O–H groups in total. The Hall–Kier alpha value is -0.830. The van der Waals surface area contributed by atoms with Crippen LogP contribution in [-0.4, -0.2) is 29.4 Å². The van der Waals surface area contributed by atoms with E-state index in [-0.39, 0.29) is 18.0 Å². The van der Waals surface area contributed by atoms with Gasteiger partial charge < -0.3 is 10.6 Å². The van der Waals surface area contributed by atoms with E-state index in [2.05, 4.69) is 6.58 Å². The third-order valence-electron chi connectivity index (χ3n) is 3.70. The summed E-state index contributed by atoms with van der Waals surface area (Å²) in [4.78, 5) is 13.8. The maximum absolute atomic E-state index is 11.8. The van der Waals surface area contributed by atoms with Gasteiger partial charge in [-0.15, -0.1) is 6.58 Å². The number of hydrogen-bond acceptors (Lipinski definition) is 2. The lowest BCUT2D eigenvalue weighted by Crippen LogP contribution is -2.50. The molecule has 1 saturated carbocycles. The van der Waals surface area contributed by atoms with E-state index in [9.17, 15) is 4.79 Å². The van der Waals surface area contributed by atoms with Crippen molar-refractivity contribution in [3.63, 3.8) is 0 Å². The second kappa shape index (κ2) is 4.35. The Morgan fingerprint density at radius 2 is 2.13 bits per heavy atom. The molecule has 2 fully saturated rings. The molecule has 1 amide bonds. The molecular weight excluding hydrogens is 188 g/mol. The van der Waals surface area contributed by atoms with Crippen LogP contribution in [0, 0.1) is 5.92 Å². The third-order valence-corrected chi connectivity index (χ3v) is 3.70. The lowest BCUT2D eigenvalue weighted by Gasteiger charge is -2.36. The van der Waals surface area contributed by atoms with Gasteiger partial charge in [0.25, 0.3) is 0 Å². The van der Waals surface area contributed by atoms with Crippen molar-refractivity contribution in [2.45, 2.75) is 44.2 Å². The average Bonchev–Trinajstić information content (AvgIpc) is 2.60. The molecular formula is C12H20N2O. The summed E-state index contributed by atoms with van der Waals surface area (Å²) in [6, 6.07) is 0.475. The number of nitrogens with zero attached hydrogens (tertiary/aromatic N) is 1. The minimum Gasteiger partial charge on any atom is -0.338 e. The van der Waals surface area contributed by atoms with Crippen LogP contribution in [-0.2, 0) is 4.79 Å². The number of likely N-dealkylation sites (tertiary alicyclic amines) is 1. The molecule has 0 aromatic rings. The van der Waals surface area contributed by atoms with E-state index in [1.54, 1.807) is 0 Å². The Morgan fingerprint density at radius 3 is 2.73 bits per heavy atom. The molecule has 1 heterocycles. The maximum Gasteiger partial charge on any atom is 0.223 e. The highest BCUT2D eigenvalue weighted by molar-refractivity contribution is 5.79. The molecule has 0 radical (unpaired) electrons. The second-order valence-electron chi connectivity index (χ2n) is 4.76. The van der Waals surface area contributed by atoms with Crippen LogP contribution in [0.1, 0.15) is 32.1 Å². The fourth-order valence-electron chi connectivity index (χ4n) is 2.77. The molecule has 1 aliphatic heterocycles. The van der Waals surface area contributed by atoms with Crippen molar-refractivity contribution in [1.29, 1.82) is 0 Å². The zero-order chi connectivity index (χ0) is 10.8. The molecule has 2 rings (SSSR count). The van der Waals surface area contributed by atoms with Gasteiger partial charge in [-0.1, -0.05) is 18.9 Å². The molecule has 3 heteroatoms. The van der Waals surface area contributed by atoms with Crippen molar-refractivity contribution in [1.82, 2.24) is 4.90 Å². The monoisotopic (exact) mass is 208 g/mol. The van der Waals surface area contributed by atoms with E-state index in [1.807, 2.05) is 11.0 Å². The van der Waals surface area contributed by atoms with Crippen LogP contribution < -0.4 is 5.73 Å². The molecule has 0 aromatic heterocycles. The minimum absolute atomic E-state index is 0.186. The maximum atomic E-state index is 11.8. The van der Waals surface area contributed by atoms with Gasteiger partial charge in [-0.25, -0.2) is 0 Å². The summed E-state index contributed by atoms with van der Waals surface area (Å²) in [6.07, 6.45) is 7.09. The summed E-state index contributed by atoms with van der Waals surface area (Å²) in [5.74, 6) is 0.605. The lowest BCUT2D eigenvalue weighted by atomic mass is 9.90. The normalized spacial score (nSPS) is 37.0. The Balaban J connectivity index is 2.03. The van der Waals surface area contributed by atoms with Gasteiger partial charge in [0, 0.05) is 31.0 Å². The van der Waals surface area contributed by atoms with E-state index in [4.69, 9.17) is 5.73 Å². The highest BCUT2D eigenvalue weighted by Crippen LogP contribution is 2.28. The molecule has 1 aliphatic carbocycles. The van der Waals surface area contributed by atoms with Gasteiger partial charge in [-0.3, -0.25) is 4.79 Å². The van der Waals surface area contributed by atoms with Crippen LogP contribution in [0.3, 0.4) is 0 Å². The first-order valence-electron chi connectivity index (χ1n) is 5.90. The Labute approximate surface area is 91.3 Å². The van der Waals surface area contributed by atoms with Crippen molar-refractivity contribution >= 4 is 5.91 Å². The Morgan fingerprint density at radius 1 is 1.40 bits per heavy atom. The van der Waals surface area contributed by atoms with Gasteiger partial charge in [0.05, 0.1) is 0 Å². The largest absolute Gasteiger partial charge is 0.338 e. The number of nitrogens with two attached hydrogens (primary N) is 1. The summed E-state index contributed by atoms with van der Waals surface area (Å²) >= 11 is 0. The summed E-state index contributed by atoms with van der Waals surface area (Å²) in [7, 11) is 0. The van der Waals surface area contributed by atoms with E-state index in [1.165, 1.54) is 12.8 Å². The number of hydrogen-bond donors (Lipinski definition) is 1. The second-order valence-corrected chi connectivity index (χ2v) is 4.76. The predicted molar refractivity (Wildman–Crippen MR) is 60.2 cm³/mol. The van der Waals surface area contributed by atoms with Crippen molar-refractivity contribution < 1.29 is 4.79 Å². The topological polar surface area (TPSA) is 46.3 Å². The first-order valence-corrected chi connectivity index (χ1v) is 5.90. The summed E-state index contributed by atoms with van der Waals surface area (Å²) in [5.41, 5.74) is 6.09. The van der Waals surface area contributed by atoms with Crippen molar-refractivity contribution in [2.75, 3.05) is 6.54 Å². The predicted octanol–water partition coefficient (Wildman–Crippen LogP) is 1.29. The molecule has 3 unspecified atom stereocenters. The summed E-state index contributed by atoms with van der Waals surface area (Å²) in [5, 5.41) is 0. The van der Waals surface area contributed by atoms with Gasteiger partial charge in [-0.05, 0) is 12.8 Å². The fourth-order valence-corrected chi connectivity index (χ4v) is 2.77. The molecule has 3 atom stereocenters. The molecule has 15 heavy (non-hydrogen) atoms. The summed E-state index contributed by atoms with van der Waals surface area (Å²) < 4.78 is 0. The average molecular weight is 208 g/mol. The number of carbonyl (C=O) groups excluding carboxylic acids is 1. The fraction of sp³-hybridized carbons (Fsp3) is 0.750. The van der Waals surface area contributed by atoms with Crippen LogP contribution in [0.25, 0.3) is 0 Å². The third kappa shape index (κ3) is 2.07. The van der Waals surface area contributed by atoms with Crippen LogP contribution in [0.4, 0.5) is 0 Å². The van der Waals surface area contributed by atoms with Crippen LogP contribution in [0.15, 0.2) is 12.7 Å². The number of rotatable bonds is 2. The molecule has 0 aromatic carbocycles. The number of amides is 1. The van der Waals surface area contributed by atoms with Gasteiger partial charge in [-0.2, -0.15) is 0 Å². The van der Waals surface area contributed by atoms with E-state index in [0.717, 1.165) is 19.4 Å². The van der Waals surface area contributed by atoms with Crippen molar-refractivity contribution in [2.24, 2.45) is 11.7 Å². The Bertz CT molecular complexity index is 264. The summed E-state index contributed by atoms with van der Waals surface area (Å²) in [6.45, 7) is 4.60. The first-order chi connectivity index (χ1) is 7.22. The van der Waals surface area contributed by atoms with Gasteiger partial charge in [0.2, 0.25) is 5.91 Å². The molecule has 3 nitrogen and oxygen atoms in total. The zero-order valence-electron chi connectivity index (χ0n) is 9.19. The molecule has 2 aliphatic rings. The SMILES string of the molecule is C=CC1CC(=O)N(C2CCCCC2N)C1. The van der Waals surface area contributed by atoms with E-state index in [0.29, 0.717) is 12.3 Å². The standard InChI is InChI=1S/C12H20N2O/c1-2-9-7-12(15)14(8-9)11-6-4-3-5-10(11)13/h2,9-11H,1,3-8,13H2. The van der Waals surface area contributed by atoms with Crippen LogP contribution in [0.5, 0.6) is 0 Å². The van der Waals surface area contributed by atoms with Gasteiger partial charge in [0.1, 0.15) is 0 Å². The molecule has 0 spiro atoms. The molecule has 0 bridgehead atoms. The van der Waals surface area contributed by atoms with Gasteiger partial charge in [0.15, 0.2) is 0 Å². The lowest BCUT2D eigenvalue weighted by molar-refractivity contribution is -0.130. The highest BCUT2D eigenvalue weighted by atomic mass is 16.2.